The van der Waals surface area contributed by atoms with Crippen LogP contribution in [0.2, 0.25) is 0 Å². The summed E-state index contributed by atoms with van der Waals surface area (Å²) in [5, 5.41) is 3.46. The summed E-state index contributed by atoms with van der Waals surface area (Å²) < 4.78 is 5.29. The Morgan fingerprint density at radius 1 is 1.30 bits per heavy atom. The van der Waals surface area contributed by atoms with Crippen molar-refractivity contribution in [1.82, 2.24) is 10.2 Å². The van der Waals surface area contributed by atoms with Crippen molar-refractivity contribution >= 4 is 11.6 Å². The summed E-state index contributed by atoms with van der Waals surface area (Å²) in [5.41, 5.74) is 1.17. The van der Waals surface area contributed by atoms with Crippen molar-refractivity contribution in [3.8, 4) is 5.75 Å². The lowest BCUT2D eigenvalue weighted by Gasteiger charge is -2.36. The summed E-state index contributed by atoms with van der Waals surface area (Å²) in [4.78, 5) is 16.7. The first kappa shape index (κ1) is 16.1. The first-order valence-corrected chi connectivity index (χ1v) is 8.66. The zero-order valence-corrected chi connectivity index (χ0v) is 14.0. The molecule has 1 amide bonds. The number of carbonyl (C=O) groups excluding carboxylic acids is 1. The van der Waals surface area contributed by atoms with E-state index < -0.39 is 0 Å². The van der Waals surface area contributed by atoms with Crippen molar-refractivity contribution in [3.63, 3.8) is 0 Å². The van der Waals surface area contributed by atoms with Crippen LogP contribution < -0.4 is 15.0 Å². The normalized spacial score (nSPS) is 21.5. The van der Waals surface area contributed by atoms with E-state index >= 15 is 0 Å². The lowest BCUT2D eigenvalue weighted by atomic mass is 10.1. The van der Waals surface area contributed by atoms with Gasteiger partial charge in [-0.2, -0.15) is 0 Å². The number of rotatable bonds is 5. The molecule has 5 nitrogen and oxygen atoms in total. The molecule has 0 aromatic heterocycles. The third-order valence-electron chi connectivity index (χ3n) is 4.92. The SMILES string of the molecule is COc1cccc(N2CCN(C(=O)CCC3CCCN3)CC2)c1. The molecule has 1 aromatic rings. The molecule has 2 fully saturated rings. The van der Waals surface area contributed by atoms with Gasteiger partial charge in [0.15, 0.2) is 0 Å². The molecule has 1 aromatic carbocycles. The molecule has 2 aliphatic rings. The third kappa shape index (κ3) is 4.16. The molecule has 1 atom stereocenters. The van der Waals surface area contributed by atoms with Crippen LogP contribution in [-0.4, -0.2) is 56.7 Å². The molecule has 1 N–H and O–H groups in total. The molecule has 0 spiro atoms. The second-order valence-corrected chi connectivity index (χ2v) is 6.40. The highest BCUT2D eigenvalue weighted by molar-refractivity contribution is 5.76. The Bertz CT molecular complexity index is 521. The molecule has 126 valence electrons. The fourth-order valence-electron chi connectivity index (χ4n) is 3.48. The number of benzene rings is 1. The fourth-order valence-corrected chi connectivity index (χ4v) is 3.48. The summed E-state index contributed by atoms with van der Waals surface area (Å²) >= 11 is 0. The Morgan fingerprint density at radius 2 is 2.13 bits per heavy atom. The summed E-state index contributed by atoms with van der Waals surface area (Å²) in [6, 6.07) is 8.69. The maximum Gasteiger partial charge on any atom is 0.222 e. The average molecular weight is 317 g/mol. The van der Waals surface area contributed by atoms with Crippen LogP contribution in [-0.2, 0) is 4.79 Å². The van der Waals surface area contributed by atoms with Crippen LogP contribution in [0.25, 0.3) is 0 Å². The number of carbonyl (C=O) groups is 1. The third-order valence-corrected chi connectivity index (χ3v) is 4.92. The minimum Gasteiger partial charge on any atom is -0.497 e. The fraction of sp³-hybridized carbons (Fsp3) is 0.611. The molecule has 0 aliphatic carbocycles. The van der Waals surface area contributed by atoms with E-state index in [9.17, 15) is 4.79 Å². The lowest BCUT2D eigenvalue weighted by molar-refractivity contribution is -0.131. The number of piperazine rings is 1. The standard InChI is InChI=1S/C18H27N3O2/c1-23-17-6-2-5-16(14-17)20-10-12-21(13-11-20)18(22)8-7-15-4-3-9-19-15/h2,5-6,14-15,19H,3-4,7-13H2,1H3. The summed E-state index contributed by atoms with van der Waals surface area (Å²) in [6.45, 7) is 4.52. The van der Waals surface area contributed by atoms with Gasteiger partial charge >= 0.3 is 0 Å². The summed E-state index contributed by atoms with van der Waals surface area (Å²) in [5.74, 6) is 1.19. The predicted molar refractivity (Wildman–Crippen MR) is 92.0 cm³/mol. The molecule has 23 heavy (non-hydrogen) atoms. The maximum absolute atomic E-state index is 12.4. The Labute approximate surface area is 138 Å². The molecule has 2 saturated heterocycles. The van der Waals surface area contributed by atoms with Gasteiger partial charge in [0, 0.05) is 50.4 Å². The van der Waals surface area contributed by atoms with E-state index in [0.717, 1.165) is 44.9 Å². The van der Waals surface area contributed by atoms with Gasteiger partial charge in [-0.1, -0.05) is 6.07 Å². The van der Waals surface area contributed by atoms with E-state index in [4.69, 9.17) is 4.74 Å². The van der Waals surface area contributed by atoms with Crippen molar-refractivity contribution in [2.75, 3.05) is 44.7 Å². The van der Waals surface area contributed by atoms with Gasteiger partial charge < -0.3 is 19.9 Å². The molecule has 0 saturated carbocycles. The van der Waals surface area contributed by atoms with Crippen molar-refractivity contribution < 1.29 is 9.53 Å². The highest BCUT2D eigenvalue weighted by atomic mass is 16.5. The first-order valence-electron chi connectivity index (χ1n) is 8.66. The largest absolute Gasteiger partial charge is 0.497 e. The quantitative estimate of drug-likeness (QED) is 0.900. The van der Waals surface area contributed by atoms with Gasteiger partial charge in [0.25, 0.3) is 0 Å². The van der Waals surface area contributed by atoms with Crippen LogP contribution in [0.3, 0.4) is 0 Å². The van der Waals surface area contributed by atoms with Gasteiger partial charge in [0.1, 0.15) is 5.75 Å². The van der Waals surface area contributed by atoms with Crippen LogP contribution in [0, 0.1) is 0 Å². The molecule has 5 heteroatoms. The lowest BCUT2D eigenvalue weighted by Crippen LogP contribution is -2.49. The van der Waals surface area contributed by atoms with Crippen LogP contribution in [0.5, 0.6) is 5.75 Å². The smallest absolute Gasteiger partial charge is 0.222 e. The van der Waals surface area contributed by atoms with E-state index in [0.29, 0.717) is 18.4 Å². The van der Waals surface area contributed by atoms with Crippen LogP contribution in [0.15, 0.2) is 24.3 Å². The van der Waals surface area contributed by atoms with Crippen molar-refractivity contribution in [1.29, 1.82) is 0 Å². The van der Waals surface area contributed by atoms with Crippen molar-refractivity contribution in [3.05, 3.63) is 24.3 Å². The van der Waals surface area contributed by atoms with Gasteiger partial charge in [-0.25, -0.2) is 0 Å². The number of hydrogen-bond acceptors (Lipinski definition) is 4. The van der Waals surface area contributed by atoms with Crippen LogP contribution >= 0.6 is 0 Å². The van der Waals surface area contributed by atoms with Crippen LogP contribution in [0.4, 0.5) is 5.69 Å². The highest BCUT2D eigenvalue weighted by Gasteiger charge is 2.23. The van der Waals surface area contributed by atoms with Gasteiger partial charge in [-0.3, -0.25) is 4.79 Å². The molecule has 3 rings (SSSR count). The molecule has 2 aliphatic heterocycles. The van der Waals surface area contributed by atoms with E-state index in [1.54, 1.807) is 7.11 Å². The van der Waals surface area contributed by atoms with Crippen molar-refractivity contribution in [2.45, 2.75) is 31.7 Å². The second-order valence-electron chi connectivity index (χ2n) is 6.40. The van der Waals surface area contributed by atoms with E-state index in [-0.39, 0.29) is 0 Å². The Kier molecular flexibility index (Phi) is 5.39. The zero-order valence-electron chi connectivity index (χ0n) is 14.0. The molecule has 1 unspecified atom stereocenters. The minimum atomic E-state index is 0.309. The molecule has 0 radical (unpaired) electrons. The van der Waals surface area contributed by atoms with Crippen molar-refractivity contribution in [2.24, 2.45) is 0 Å². The van der Waals surface area contributed by atoms with Gasteiger partial charge in [-0.15, -0.1) is 0 Å². The number of hydrogen-bond donors (Lipinski definition) is 1. The molecule has 0 bridgehead atoms. The minimum absolute atomic E-state index is 0.309. The van der Waals surface area contributed by atoms with Gasteiger partial charge in [-0.05, 0) is 37.9 Å². The summed E-state index contributed by atoms with van der Waals surface area (Å²) in [7, 11) is 1.69. The topological polar surface area (TPSA) is 44.8 Å². The molecular weight excluding hydrogens is 290 g/mol. The Hall–Kier alpha value is -1.75. The van der Waals surface area contributed by atoms with Gasteiger partial charge in [0.2, 0.25) is 5.91 Å². The van der Waals surface area contributed by atoms with Crippen LogP contribution in [0.1, 0.15) is 25.7 Å². The number of anilines is 1. The van der Waals surface area contributed by atoms with Gasteiger partial charge in [0.05, 0.1) is 7.11 Å². The first-order chi connectivity index (χ1) is 11.3. The molecule has 2 heterocycles. The Morgan fingerprint density at radius 3 is 2.83 bits per heavy atom. The number of amides is 1. The van der Waals surface area contributed by atoms with E-state index in [1.807, 2.05) is 17.0 Å². The number of nitrogens with one attached hydrogen (secondary N) is 1. The number of methoxy groups -OCH3 is 1. The Balaban J connectivity index is 1.46. The summed E-state index contributed by atoms with van der Waals surface area (Å²) in [6.07, 6.45) is 4.13. The monoisotopic (exact) mass is 317 g/mol. The number of ether oxygens (including phenoxy) is 1. The maximum atomic E-state index is 12.4. The van der Waals surface area contributed by atoms with E-state index in [1.165, 1.54) is 18.5 Å². The predicted octanol–water partition coefficient (Wildman–Crippen LogP) is 1.88. The number of nitrogens with zero attached hydrogens (tertiary/aromatic N) is 2. The zero-order chi connectivity index (χ0) is 16.1. The molecular formula is C18H27N3O2. The average Bonchev–Trinajstić information content (AvgIpc) is 3.13. The highest BCUT2D eigenvalue weighted by Crippen LogP contribution is 2.22. The second kappa shape index (κ2) is 7.68. The van der Waals surface area contributed by atoms with E-state index in [2.05, 4.69) is 22.3 Å².